The minimum absolute atomic E-state index is 0.149. The van der Waals surface area contributed by atoms with Crippen LogP contribution in [-0.4, -0.2) is 70.9 Å². The molecule has 0 unspecified atom stereocenters. The van der Waals surface area contributed by atoms with Crippen molar-refractivity contribution in [1.82, 2.24) is 4.98 Å². The molecule has 1 aromatic heterocycles. The van der Waals surface area contributed by atoms with Gasteiger partial charge in [-0.25, -0.2) is 14.6 Å². The summed E-state index contributed by atoms with van der Waals surface area (Å²) in [6.07, 6.45) is 4.99. The van der Waals surface area contributed by atoms with Crippen LogP contribution in [0.5, 0.6) is 17.4 Å². The number of hydrogen-bond donors (Lipinski definition) is 3. The lowest BCUT2D eigenvalue weighted by Gasteiger charge is -2.37. The molecule has 10 nitrogen and oxygen atoms in total. The molecule has 2 aliphatic rings. The van der Waals surface area contributed by atoms with Gasteiger partial charge >= 0.3 is 11.9 Å². The van der Waals surface area contributed by atoms with Gasteiger partial charge in [0.2, 0.25) is 5.88 Å². The summed E-state index contributed by atoms with van der Waals surface area (Å²) in [5, 5.41) is 25.9. The second kappa shape index (κ2) is 12.2. The number of hydrogen-bond acceptors (Lipinski definition) is 8. The normalized spacial score (nSPS) is 20.2. The summed E-state index contributed by atoms with van der Waals surface area (Å²) in [6.45, 7) is 2.52. The van der Waals surface area contributed by atoms with Crippen molar-refractivity contribution in [3.63, 3.8) is 0 Å². The van der Waals surface area contributed by atoms with Crippen molar-refractivity contribution in [2.75, 3.05) is 20.8 Å². The van der Waals surface area contributed by atoms with Gasteiger partial charge in [0.05, 0.1) is 38.7 Å². The van der Waals surface area contributed by atoms with Crippen molar-refractivity contribution in [2.24, 2.45) is 4.99 Å². The number of aromatic nitrogens is 1. The smallest absolute Gasteiger partial charge is 0.328 e. The standard InChI is InChI=1S/C22H26N2O4.C4H4O4/c1-4-28-20-10-15-16-9-14(25)6-7-18(16)24-22(17(15)11-19(20)26-2)13-5-8-21(27-3)23-12-13;5-3(6)1-2-4(7)8/h5,8,10-12,14,16,18,25H,4,6-7,9H2,1-3H3;1-2H,(H,5,6)(H,7,8)/b;2-1+/t14-,16-,18-;/m1./s1. The Bertz CT molecular complexity index is 1130. The Labute approximate surface area is 208 Å². The number of methoxy groups -OCH3 is 2. The molecular formula is C26H30N2O8. The van der Waals surface area contributed by atoms with Crippen LogP contribution in [0.15, 0.2) is 47.6 Å². The van der Waals surface area contributed by atoms with E-state index < -0.39 is 11.9 Å². The van der Waals surface area contributed by atoms with Gasteiger partial charge in [0.15, 0.2) is 11.5 Å². The molecule has 1 aliphatic heterocycles. The Kier molecular flexibility index (Phi) is 9.02. The first-order chi connectivity index (χ1) is 17.3. The van der Waals surface area contributed by atoms with E-state index in [0.717, 1.165) is 41.0 Å². The van der Waals surface area contributed by atoms with Gasteiger partial charge in [-0.3, -0.25) is 4.99 Å². The molecule has 1 saturated carbocycles. The highest BCUT2D eigenvalue weighted by Gasteiger charge is 2.37. The molecule has 192 valence electrons. The Balaban J connectivity index is 0.000000392. The molecule has 0 spiro atoms. The molecule has 0 bridgehead atoms. The van der Waals surface area contributed by atoms with Crippen LogP contribution < -0.4 is 14.2 Å². The van der Waals surface area contributed by atoms with Crippen molar-refractivity contribution in [2.45, 2.75) is 44.2 Å². The molecular weight excluding hydrogens is 468 g/mol. The van der Waals surface area contributed by atoms with E-state index in [1.54, 1.807) is 20.4 Å². The van der Waals surface area contributed by atoms with Gasteiger partial charge in [0.1, 0.15) is 0 Å². The quantitative estimate of drug-likeness (QED) is 0.490. The van der Waals surface area contributed by atoms with E-state index in [1.807, 2.05) is 25.1 Å². The predicted octanol–water partition coefficient (Wildman–Crippen LogP) is 3.06. The summed E-state index contributed by atoms with van der Waals surface area (Å²) in [5.41, 5.74) is 4.03. The lowest BCUT2D eigenvalue weighted by molar-refractivity contribution is -0.134. The van der Waals surface area contributed by atoms with Crippen molar-refractivity contribution in [3.05, 3.63) is 59.3 Å². The summed E-state index contributed by atoms with van der Waals surface area (Å²) in [5.74, 6) is -0.344. The number of nitrogens with zero attached hydrogens (tertiary/aromatic N) is 2. The van der Waals surface area contributed by atoms with E-state index in [4.69, 9.17) is 29.4 Å². The van der Waals surface area contributed by atoms with Crippen LogP contribution >= 0.6 is 0 Å². The van der Waals surface area contributed by atoms with Crippen molar-refractivity contribution >= 4 is 17.7 Å². The number of aliphatic carboxylic acids is 2. The van der Waals surface area contributed by atoms with E-state index in [1.165, 1.54) is 0 Å². The van der Waals surface area contributed by atoms with Crippen LogP contribution in [0.1, 0.15) is 48.8 Å². The minimum atomic E-state index is -1.26. The van der Waals surface area contributed by atoms with Crippen molar-refractivity contribution in [3.8, 4) is 17.4 Å². The number of ether oxygens (including phenoxy) is 3. The highest BCUT2D eigenvalue weighted by atomic mass is 16.5. The average molecular weight is 499 g/mol. The third-order valence-corrected chi connectivity index (χ3v) is 5.96. The molecule has 1 aromatic carbocycles. The number of carboxylic acid groups (broad SMARTS) is 2. The number of pyridine rings is 1. The van der Waals surface area contributed by atoms with Crippen LogP contribution in [0.2, 0.25) is 0 Å². The van der Waals surface area contributed by atoms with Crippen LogP contribution in [0.25, 0.3) is 0 Å². The zero-order valence-electron chi connectivity index (χ0n) is 20.4. The van der Waals surface area contributed by atoms with E-state index in [0.29, 0.717) is 36.8 Å². The lowest BCUT2D eigenvalue weighted by atomic mass is 9.74. The first-order valence-corrected chi connectivity index (χ1v) is 11.5. The number of benzene rings is 1. The molecule has 1 aliphatic carbocycles. The Hall–Kier alpha value is -3.92. The predicted molar refractivity (Wildman–Crippen MR) is 131 cm³/mol. The number of carbonyl (C=O) groups is 2. The highest BCUT2D eigenvalue weighted by molar-refractivity contribution is 6.14. The fourth-order valence-electron chi connectivity index (χ4n) is 4.39. The fourth-order valence-corrected chi connectivity index (χ4v) is 4.39. The molecule has 3 atom stereocenters. The SMILES string of the molecule is CCOc1cc2c(cc1OC)C(c1ccc(OC)nc1)=N[C@@H]1CC[C@@H](O)C[C@H]21.O=C(O)/C=C/C(=O)O. The van der Waals surface area contributed by atoms with Crippen molar-refractivity contribution < 1.29 is 39.1 Å². The minimum Gasteiger partial charge on any atom is -0.493 e. The number of carboxylic acids is 2. The van der Waals surface area contributed by atoms with Gasteiger partial charge in [0.25, 0.3) is 0 Å². The number of aliphatic imine (C=N–C) groups is 1. The second-order valence-electron chi connectivity index (χ2n) is 8.24. The number of aliphatic hydroxyl groups excluding tert-OH is 1. The largest absolute Gasteiger partial charge is 0.493 e. The topological polar surface area (TPSA) is 148 Å². The van der Waals surface area contributed by atoms with Crippen LogP contribution in [0.4, 0.5) is 0 Å². The van der Waals surface area contributed by atoms with E-state index in [9.17, 15) is 14.7 Å². The lowest BCUT2D eigenvalue weighted by Crippen LogP contribution is -2.34. The maximum atomic E-state index is 10.3. The second-order valence-corrected chi connectivity index (χ2v) is 8.24. The third-order valence-electron chi connectivity index (χ3n) is 5.96. The third kappa shape index (κ3) is 6.39. The Morgan fingerprint density at radius 1 is 1.06 bits per heavy atom. The molecule has 4 rings (SSSR count). The zero-order chi connectivity index (χ0) is 26.2. The van der Waals surface area contributed by atoms with E-state index in [-0.39, 0.29) is 18.1 Å². The molecule has 2 aromatic rings. The summed E-state index contributed by atoms with van der Waals surface area (Å²) >= 11 is 0. The van der Waals surface area contributed by atoms with Crippen LogP contribution in [0.3, 0.4) is 0 Å². The summed E-state index contributed by atoms with van der Waals surface area (Å²) in [6, 6.07) is 8.05. The fraction of sp³-hybridized carbons (Fsp3) is 0.385. The van der Waals surface area contributed by atoms with Gasteiger partial charge in [-0.15, -0.1) is 0 Å². The van der Waals surface area contributed by atoms with Crippen LogP contribution in [-0.2, 0) is 9.59 Å². The number of fused-ring (bicyclic) bond motifs is 3. The number of rotatable bonds is 7. The first kappa shape index (κ1) is 26.7. The summed E-state index contributed by atoms with van der Waals surface area (Å²) in [4.78, 5) is 28.5. The molecule has 10 heteroatoms. The summed E-state index contributed by atoms with van der Waals surface area (Å²) < 4.78 is 16.6. The molecule has 0 radical (unpaired) electrons. The monoisotopic (exact) mass is 498 g/mol. The maximum Gasteiger partial charge on any atom is 0.328 e. The van der Waals surface area contributed by atoms with Crippen molar-refractivity contribution in [1.29, 1.82) is 0 Å². The van der Waals surface area contributed by atoms with E-state index in [2.05, 4.69) is 11.1 Å². The summed E-state index contributed by atoms with van der Waals surface area (Å²) in [7, 11) is 3.25. The molecule has 0 amide bonds. The van der Waals surface area contributed by atoms with Gasteiger partial charge in [-0.2, -0.15) is 0 Å². The molecule has 3 N–H and O–H groups in total. The molecule has 36 heavy (non-hydrogen) atoms. The number of aliphatic hydroxyl groups is 1. The van der Waals surface area contributed by atoms with Gasteiger partial charge in [-0.05, 0) is 49.9 Å². The van der Waals surface area contributed by atoms with Crippen LogP contribution in [0, 0.1) is 0 Å². The maximum absolute atomic E-state index is 10.3. The zero-order valence-corrected chi connectivity index (χ0v) is 20.4. The Morgan fingerprint density at radius 3 is 2.33 bits per heavy atom. The average Bonchev–Trinajstić information content (AvgIpc) is 2.87. The van der Waals surface area contributed by atoms with Gasteiger partial charge in [0, 0.05) is 41.5 Å². The molecule has 2 heterocycles. The Morgan fingerprint density at radius 2 is 1.78 bits per heavy atom. The first-order valence-electron chi connectivity index (χ1n) is 11.5. The van der Waals surface area contributed by atoms with E-state index >= 15 is 0 Å². The van der Waals surface area contributed by atoms with Gasteiger partial charge < -0.3 is 29.5 Å². The highest BCUT2D eigenvalue weighted by Crippen LogP contribution is 2.45. The molecule has 0 saturated heterocycles. The van der Waals surface area contributed by atoms with Gasteiger partial charge in [-0.1, -0.05) is 0 Å². The molecule has 1 fully saturated rings.